The fourth-order valence-corrected chi connectivity index (χ4v) is 1.68. The van der Waals surface area contributed by atoms with Crippen molar-refractivity contribution in [2.45, 2.75) is 0 Å². The number of aromatic nitrogens is 1. The smallest absolute Gasteiger partial charge is 0.232 e. The molecule has 2 rings (SSSR count). The largest absolute Gasteiger partial charge is 0.497 e. The number of hydrogen-bond donors (Lipinski definition) is 1. The quantitative estimate of drug-likeness (QED) is 0.822. The minimum atomic E-state index is 0.224. The molecule has 0 fully saturated rings. The van der Waals surface area contributed by atoms with Crippen molar-refractivity contribution in [1.29, 1.82) is 5.26 Å². The standard InChI is InChI=1S/C16H15N3O2/c1-3-9-18-16-14(11-17)19-15(21-16)8-7-12-5-4-6-13(10-12)20-2/h3-8,10,18H,1,9H2,2H3/b8-7+. The number of methoxy groups -OCH3 is 1. The van der Waals surface area contributed by atoms with Crippen molar-refractivity contribution in [2.75, 3.05) is 19.0 Å². The molecule has 106 valence electrons. The Morgan fingerprint density at radius 3 is 3.05 bits per heavy atom. The lowest BCUT2D eigenvalue weighted by atomic mass is 10.2. The van der Waals surface area contributed by atoms with Gasteiger partial charge in [0, 0.05) is 12.6 Å². The maximum Gasteiger partial charge on any atom is 0.232 e. The van der Waals surface area contributed by atoms with Gasteiger partial charge in [0.25, 0.3) is 0 Å². The van der Waals surface area contributed by atoms with Gasteiger partial charge < -0.3 is 14.5 Å². The zero-order chi connectivity index (χ0) is 15.1. The molecule has 0 aliphatic rings. The molecular weight excluding hydrogens is 266 g/mol. The summed E-state index contributed by atoms with van der Waals surface area (Å²) in [6, 6.07) is 9.57. The van der Waals surface area contributed by atoms with Crippen LogP contribution in [-0.4, -0.2) is 18.6 Å². The average molecular weight is 281 g/mol. The number of nitrogens with one attached hydrogen (secondary N) is 1. The van der Waals surface area contributed by atoms with Crippen molar-refractivity contribution in [1.82, 2.24) is 4.98 Å². The van der Waals surface area contributed by atoms with Gasteiger partial charge >= 0.3 is 0 Å². The molecule has 1 heterocycles. The van der Waals surface area contributed by atoms with Crippen molar-refractivity contribution in [2.24, 2.45) is 0 Å². The minimum absolute atomic E-state index is 0.224. The van der Waals surface area contributed by atoms with Gasteiger partial charge in [0.2, 0.25) is 17.5 Å². The molecule has 0 spiro atoms. The topological polar surface area (TPSA) is 71.1 Å². The summed E-state index contributed by atoms with van der Waals surface area (Å²) in [5.74, 6) is 1.49. The summed E-state index contributed by atoms with van der Waals surface area (Å²) in [6.07, 6.45) is 5.22. The lowest BCUT2D eigenvalue weighted by molar-refractivity contribution is 0.414. The molecule has 0 aliphatic heterocycles. The highest BCUT2D eigenvalue weighted by molar-refractivity contribution is 5.67. The van der Waals surface area contributed by atoms with Gasteiger partial charge in [-0.05, 0) is 23.8 Å². The molecule has 0 aliphatic carbocycles. The highest BCUT2D eigenvalue weighted by Gasteiger charge is 2.09. The van der Waals surface area contributed by atoms with Crippen molar-refractivity contribution in [3.63, 3.8) is 0 Å². The number of oxazole rings is 1. The van der Waals surface area contributed by atoms with Crippen LogP contribution in [0.25, 0.3) is 12.2 Å². The maximum absolute atomic E-state index is 9.01. The third-order valence-electron chi connectivity index (χ3n) is 2.67. The molecule has 0 saturated heterocycles. The zero-order valence-electron chi connectivity index (χ0n) is 11.7. The van der Waals surface area contributed by atoms with E-state index in [0.29, 0.717) is 18.3 Å². The Balaban J connectivity index is 2.18. The summed E-state index contributed by atoms with van der Waals surface area (Å²) < 4.78 is 10.6. The van der Waals surface area contributed by atoms with Gasteiger partial charge in [-0.2, -0.15) is 10.2 Å². The first kappa shape index (κ1) is 14.4. The van der Waals surface area contributed by atoms with Crippen molar-refractivity contribution >= 4 is 18.0 Å². The molecule has 5 nitrogen and oxygen atoms in total. The van der Waals surface area contributed by atoms with Crippen LogP contribution in [0, 0.1) is 11.3 Å². The van der Waals surface area contributed by atoms with E-state index in [1.807, 2.05) is 36.4 Å². The number of rotatable bonds is 6. The van der Waals surface area contributed by atoms with Gasteiger partial charge in [-0.3, -0.25) is 0 Å². The Kier molecular flexibility index (Phi) is 4.78. The van der Waals surface area contributed by atoms with E-state index >= 15 is 0 Å². The van der Waals surface area contributed by atoms with Gasteiger partial charge in [0.1, 0.15) is 11.8 Å². The number of nitrogens with zero attached hydrogens (tertiary/aromatic N) is 2. The lowest BCUT2D eigenvalue weighted by Crippen LogP contribution is -1.97. The minimum Gasteiger partial charge on any atom is -0.497 e. The summed E-state index contributed by atoms with van der Waals surface area (Å²) in [6.45, 7) is 4.10. The highest BCUT2D eigenvalue weighted by atomic mass is 16.5. The molecule has 0 unspecified atom stereocenters. The van der Waals surface area contributed by atoms with Gasteiger partial charge in [-0.25, -0.2) is 0 Å². The molecule has 2 aromatic rings. The number of anilines is 1. The predicted octanol–water partition coefficient (Wildman–Crippen LogP) is 3.32. The monoisotopic (exact) mass is 281 g/mol. The lowest BCUT2D eigenvalue weighted by Gasteiger charge is -1.99. The van der Waals surface area contributed by atoms with Crippen molar-refractivity contribution < 1.29 is 9.15 Å². The molecular formula is C16H15N3O2. The SMILES string of the molecule is C=CCNc1oc(/C=C/c2cccc(OC)c2)nc1C#N. The molecule has 0 radical (unpaired) electrons. The number of benzene rings is 1. The predicted molar refractivity (Wildman–Crippen MR) is 81.8 cm³/mol. The van der Waals surface area contributed by atoms with Crippen LogP contribution in [0.3, 0.4) is 0 Å². The molecule has 5 heteroatoms. The first-order chi connectivity index (χ1) is 10.3. The summed E-state index contributed by atoms with van der Waals surface area (Å²) in [7, 11) is 1.62. The summed E-state index contributed by atoms with van der Waals surface area (Å²) in [5, 5.41) is 11.9. The molecule has 0 atom stereocenters. The van der Waals surface area contributed by atoms with E-state index in [2.05, 4.69) is 16.9 Å². The van der Waals surface area contributed by atoms with E-state index in [4.69, 9.17) is 14.4 Å². The van der Waals surface area contributed by atoms with Crippen LogP contribution in [-0.2, 0) is 0 Å². The van der Waals surface area contributed by atoms with Crippen LogP contribution in [0.1, 0.15) is 17.1 Å². The first-order valence-electron chi connectivity index (χ1n) is 6.34. The molecule has 0 bridgehead atoms. The van der Waals surface area contributed by atoms with E-state index in [0.717, 1.165) is 11.3 Å². The van der Waals surface area contributed by atoms with Crippen LogP contribution in [0.5, 0.6) is 5.75 Å². The maximum atomic E-state index is 9.01. The fourth-order valence-electron chi connectivity index (χ4n) is 1.68. The molecule has 0 saturated carbocycles. The Bertz CT molecular complexity index is 696. The van der Waals surface area contributed by atoms with E-state index in [1.165, 1.54) is 0 Å². The summed E-state index contributed by atoms with van der Waals surface area (Å²) in [5.41, 5.74) is 1.17. The second-order valence-electron chi connectivity index (χ2n) is 4.12. The van der Waals surface area contributed by atoms with Crippen LogP contribution in [0.15, 0.2) is 41.3 Å². The number of nitriles is 1. The third-order valence-corrected chi connectivity index (χ3v) is 2.67. The van der Waals surface area contributed by atoms with E-state index in [9.17, 15) is 0 Å². The molecule has 21 heavy (non-hydrogen) atoms. The number of ether oxygens (including phenoxy) is 1. The second-order valence-corrected chi connectivity index (χ2v) is 4.12. The normalized spacial score (nSPS) is 10.3. The molecule has 1 aromatic heterocycles. The first-order valence-corrected chi connectivity index (χ1v) is 6.34. The Morgan fingerprint density at radius 1 is 1.48 bits per heavy atom. The summed E-state index contributed by atoms with van der Waals surface area (Å²) >= 11 is 0. The Labute approximate surface area is 123 Å². The molecule has 1 aromatic carbocycles. The fraction of sp³-hybridized carbons (Fsp3) is 0.125. The molecule has 0 amide bonds. The van der Waals surface area contributed by atoms with E-state index < -0.39 is 0 Å². The zero-order valence-corrected chi connectivity index (χ0v) is 11.7. The number of hydrogen-bond acceptors (Lipinski definition) is 5. The van der Waals surface area contributed by atoms with E-state index in [-0.39, 0.29) is 5.69 Å². The van der Waals surface area contributed by atoms with Crippen LogP contribution >= 0.6 is 0 Å². The average Bonchev–Trinajstić information content (AvgIpc) is 2.93. The third kappa shape index (κ3) is 3.74. The Morgan fingerprint density at radius 2 is 2.33 bits per heavy atom. The van der Waals surface area contributed by atoms with Gasteiger partial charge in [-0.1, -0.05) is 18.2 Å². The Hall–Kier alpha value is -3.00. The van der Waals surface area contributed by atoms with E-state index in [1.54, 1.807) is 19.3 Å². The van der Waals surface area contributed by atoms with Crippen molar-refractivity contribution in [3.8, 4) is 11.8 Å². The van der Waals surface area contributed by atoms with Gasteiger partial charge in [-0.15, -0.1) is 6.58 Å². The van der Waals surface area contributed by atoms with Gasteiger partial charge in [0.05, 0.1) is 7.11 Å². The van der Waals surface area contributed by atoms with Crippen LogP contribution < -0.4 is 10.1 Å². The van der Waals surface area contributed by atoms with Crippen LogP contribution in [0.2, 0.25) is 0 Å². The van der Waals surface area contributed by atoms with Crippen LogP contribution in [0.4, 0.5) is 5.88 Å². The molecule has 1 N–H and O–H groups in total. The summed E-state index contributed by atoms with van der Waals surface area (Å²) in [4.78, 5) is 4.10. The van der Waals surface area contributed by atoms with Crippen molar-refractivity contribution in [3.05, 3.63) is 54.1 Å². The second kappa shape index (κ2) is 6.96. The van der Waals surface area contributed by atoms with Gasteiger partial charge in [0.15, 0.2) is 0 Å². The highest BCUT2D eigenvalue weighted by Crippen LogP contribution is 2.19.